The van der Waals surface area contributed by atoms with Gasteiger partial charge < -0.3 is 5.32 Å². The predicted octanol–water partition coefficient (Wildman–Crippen LogP) is 2.88. The van der Waals surface area contributed by atoms with Crippen molar-refractivity contribution in [2.75, 3.05) is 12.4 Å². The topological polar surface area (TPSA) is 55.6 Å². The summed E-state index contributed by atoms with van der Waals surface area (Å²) in [5.41, 5.74) is -0.341. The third-order valence-corrected chi connectivity index (χ3v) is 2.90. The summed E-state index contributed by atoms with van der Waals surface area (Å²) in [6, 6.07) is 7.97. The van der Waals surface area contributed by atoms with Crippen LogP contribution >= 0.6 is 0 Å². The maximum absolute atomic E-state index is 12.7. The molecule has 0 fully saturated rings. The number of anilines is 1. The lowest BCUT2D eigenvalue weighted by Crippen LogP contribution is -2.09. The standard InChI is InChI=1S/C13H10F3N5/c1-17-12-18-9-5-3-2-4-8(9)11(19-12)21-7-6-10(20-21)13(14,15)16/h2-7H,1H3,(H,17,18,19). The minimum absolute atomic E-state index is 0.292. The maximum atomic E-state index is 12.7. The number of fused-ring (bicyclic) bond motifs is 1. The van der Waals surface area contributed by atoms with Crippen molar-refractivity contribution in [2.24, 2.45) is 0 Å². The van der Waals surface area contributed by atoms with Crippen LogP contribution in [0, 0.1) is 0 Å². The first-order chi connectivity index (χ1) is 9.99. The molecule has 3 rings (SSSR count). The molecule has 0 unspecified atom stereocenters. The van der Waals surface area contributed by atoms with Gasteiger partial charge in [0.2, 0.25) is 5.95 Å². The van der Waals surface area contributed by atoms with E-state index in [0.29, 0.717) is 22.7 Å². The highest BCUT2D eigenvalue weighted by molar-refractivity contribution is 5.86. The number of hydrogen-bond donors (Lipinski definition) is 1. The molecule has 0 aliphatic carbocycles. The van der Waals surface area contributed by atoms with Gasteiger partial charge in [0.1, 0.15) is 0 Å². The Morgan fingerprint density at radius 3 is 2.52 bits per heavy atom. The summed E-state index contributed by atoms with van der Waals surface area (Å²) in [5.74, 6) is 0.605. The molecule has 2 heterocycles. The number of aromatic nitrogens is 4. The molecule has 108 valence electrons. The maximum Gasteiger partial charge on any atom is 0.435 e. The summed E-state index contributed by atoms with van der Waals surface area (Å²) >= 11 is 0. The van der Waals surface area contributed by atoms with Gasteiger partial charge in [-0.1, -0.05) is 12.1 Å². The lowest BCUT2D eigenvalue weighted by molar-refractivity contribution is -0.141. The summed E-state index contributed by atoms with van der Waals surface area (Å²) in [4.78, 5) is 8.45. The average Bonchev–Trinajstić information content (AvgIpc) is 2.95. The van der Waals surface area contributed by atoms with Crippen molar-refractivity contribution in [3.8, 4) is 5.82 Å². The van der Waals surface area contributed by atoms with Crippen molar-refractivity contribution in [2.45, 2.75) is 6.18 Å². The van der Waals surface area contributed by atoms with Crippen LogP contribution in [0.1, 0.15) is 5.69 Å². The van der Waals surface area contributed by atoms with E-state index >= 15 is 0 Å². The molecule has 0 aliphatic heterocycles. The summed E-state index contributed by atoms with van der Waals surface area (Å²) in [6.45, 7) is 0. The number of para-hydroxylation sites is 1. The van der Waals surface area contributed by atoms with E-state index in [4.69, 9.17) is 0 Å². The normalized spacial score (nSPS) is 11.8. The number of hydrogen-bond acceptors (Lipinski definition) is 4. The fraction of sp³-hybridized carbons (Fsp3) is 0.154. The zero-order valence-electron chi connectivity index (χ0n) is 10.9. The molecule has 8 heteroatoms. The van der Waals surface area contributed by atoms with Gasteiger partial charge in [-0.3, -0.25) is 0 Å². The lowest BCUT2D eigenvalue weighted by Gasteiger charge is -2.08. The Kier molecular flexibility index (Phi) is 3.00. The van der Waals surface area contributed by atoms with Crippen molar-refractivity contribution in [3.05, 3.63) is 42.2 Å². The Morgan fingerprint density at radius 2 is 1.86 bits per heavy atom. The van der Waals surface area contributed by atoms with E-state index in [0.717, 1.165) is 10.7 Å². The second-order valence-corrected chi connectivity index (χ2v) is 4.28. The van der Waals surface area contributed by atoms with E-state index in [1.54, 1.807) is 31.3 Å². The quantitative estimate of drug-likeness (QED) is 0.789. The van der Waals surface area contributed by atoms with Gasteiger partial charge in [0.15, 0.2) is 11.5 Å². The van der Waals surface area contributed by atoms with Crippen LogP contribution in [0.5, 0.6) is 0 Å². The predicted molar refractivity (Wildman–Crippen MR) is 71.2 cm³/mol. The van der Waals surface area contributed by atoms with Crippen molar-refractivity contribution in [1.29, 1.82) is 0 Å². The molecular formula is C13H10F3N5. The van der Waals surface area contributed by atoms with Crippen LogP contribution in [0.4, 0.5) is 19.1 Å². The van der Waals surface area contributed by atoms with E-state index in [1.165, 1.54) is 6.20 Å². The van der Waals surface area contributed by atoms with E-state index in [2.05, 4.69) is 20.4 Å². The fourth-order valence-electron chi connectivity index (χ4n) is 1.94. The molecule has 0 radical (unpaired) electrons. The van der Waals surface area contributed by atoms with Gasteiger partial charge in [-0.05, 0) is 18.2 Å². The van der Waals surface area contributed by atoms with Gasteiger partial charge in [-0.25, -0.2) is 9.67 Å². The first-order valence-corrected chi connectivity index (χ1v) is 6.07. The first-order valence-electron chi connectivity index (χ1n) is 6.07. The molecule has 1 aromatic carbocycles. The fourth-order valence-corrected chi connectivity index (χ4v) is 1.94. The third kappa shape index (κ3) is 2.39. The van der Waals surface area contributed by atoms with Crippen LogP contribution in [0.2, 0.25) is 0 Å². The molecule has 0 aliphatic rings. The number of benzene rings is 1. The zero-order valence-corrected chi connectivity index (χ0v) is 10.9. The molecule has 5 nitrogen and oxygen atoms in total. The van der Waals surface area contributed by atoms with Gasteiger partial charge in [-0.2, -0.15) is 23.3 Å². The Balaban J connectivity index is 2.21. The van der Waals surface area contributed by atoms with Gasteiger partial charge >= 0.3 is 6.18 Å². The molecule has 0 saturated heterocycles. The van der Waals surface area contributed by atoms with E-state index in [9.17, 15) is 13.2 Å². The Bertz CT molecular complexity index is 794. The van der Waals surface area contributed by atoms with Gasteiger partial charge in [0.25, 0.3) is 0 Å². The Hall–Kier alpha value is -2.64. The number of alkyl halides is 3. The highest BCUT2D eigenvalue weighted by atomic mass is 19.4. The highest BCUT2D eigenvalue weighted by Crippen LogP contribution is 2.28. The van der Waals surface area contributed by atoms with Gasteiger partial charge in [0.05, 0.1) is 5.52 Å². The molecule has 0 atom stereocenters. The minimum Gasteiger partial charge on any atom is -0.357 e. The molecule has 1 N–H and O–H groups in total. The zero-order chi connectivity index (χ0) is 15.0. The monoisotopic (exact) mass is 293 g/mol. The van der Waals surface area contributed by atoms with Crippen LogP contribution < -0.4 is 5.32 Å². The summed E-state index contributed by atoms with van der Waals surface area (Å²) in [5, 5.41) is 6.95. The molecule has 0 amide bonds. The van der Waals surface area contributed by atoms with Crippen LogP contribution in [0.25, 0.3) is 16.7 Å². The van der Waals surface area contributed by atoms with Crippen LogP contribution in [0.15, 0.2) is 36.5 Å². The summed E-state index contributed by atoms with van der Waals surface area (Å²) < 4.78 is 39.1. The molecule has 3 aromatic rings. The summed E-state index contributed by atoms with van der Waals surface area (Å²) in [6.07, 6.45) is -3.25. The van der Waals surface area contributed by atoms with E-state index in [-0.39, 0.29) is 0 Å². The van der Waals surface area contributed by atoms with Crippen LogP contribution in [-0.2, 0) is 6.18 Å². The number of halogens is 3. The third-order valence-electron chi connectivity index (χ3n) is 2.90. The largest absolute Gasteiger partial charge is 0.435 e. The Labute approximate surface area is 117 Å². The second kappa shape index (κ2) is 4.72. The van der Waals surface area contributed by atoms with Crippen molar-refractivity contribution in [1.82, 2.24) is 19.7 Å². The number of rotatable bonds is 2. The second-order valence-electron chi connectivity index (χ2n) is 4.28. The molecular weight excluding hydrogens is 283 g/mol. The van der Waals surface area contributed by atoms with Crippen molar-refractivity contribution < 1.29 is 13.2 Å². The molecule has 2 aromatic heterocycles. The van der Waals surface area contributed by atoms with E-state index < -0.39 is 11.9 Å². The first kappa shape index (κ1) is 13.3. The number of nitrogens with zero attached hydrogens (tertiary/aromatic N) is 4. The van der Waals surface area contributed by atoms with Gasteiger partial charge in [0, 0.05) is 18.6 Å². The summed E-state index contributed by atoms with van der Waals surface area (Å²) in [7, 11) is 1.64. The molecule has 0 bridgehead atoms. The van der Waals surface area contributed by atoms with Gasteiger partial charge in [-0.15, -0.1) is 0 Å². The minimum atomic E-state index is -4.49. The van der Waals surface area contributed by atoms with Crippen molar-refractivity contribution in [3.63, 3.8) is 0 Å². The average molecular weight is 293 g/mol. The molecule has 21 heavy (non-hydrogen) atoms. The van der Waals surface area contributed by atoms with Crippen LogP contribution in [-0.4, -0.2) is 26.8 Å². The van der Waals surface area contributed by atoms with Crippen molar-refractivity contribution >= 4 is 16.9 Å². The SMILES string of the molecule is CNc1nc(-n2ccc(C(F)(F)F)n2)c2ccccc2n1. The lowest BCUT2D eigenvalue weighted by atomic mass is 10.2. The smallest absolute Gasteiger partial charge is 0.357 e. The Morgan fingerprint density at radius 1 is 1.10 bits per heavy atom. The van der Waals surface area contributed by atoms with E-state index in [1.807, 2.05) is 0 Å². The molecule has 0 saturated carbocycles. The highest BCUT2D eigenvalue weighted by Gasteiger charge is 2.33. The number of nitrogens with one attached hydrogen (secondary N) is 1. The molecule has 0 spiro atoms. The van der Waals surface area contributed by atoms with Crippen LogP contribution in [0.3, 0.4) is 0 Å².